The zero-order valence-electron chi connectivity index (χ0n) is 13.1. The van der Waals surface area contributed by atoms with Crippen molar-refractivity contribution in [1.82, 2.24) is 0 Å². The maximum Gasteiger partial charge on any atom is 0.338 e. The number of rotatable bonds is 4. The molecule has 0 fully saturated rings. The van der Waals surface area contributed by atoms with Crippen molar-refractivity contribution in [3.05, 3.63) is 53.6 Å². The van der Waals surface area contributed by atoms with Gasteiger partial charge in [-0.3, -0.25) is 4.84 Å². The number of pyridine rings is 1. The van der Waals surface area contributed by atoms with Crippen molar-refractivity contribution in [3.8, 4) is 0 Å². The van der Waals surface area contributed by atoms with Crippen LogP contribution in [0, 0.1) is 12.7 Å². The van der Waals surface area contributed by atoms with Crippen molar-refractivity contribution in [1.29, 1.82) is 0 Å². The molecule has 0 aliphatic rings. The van der Waals surface area contributed by atoms with Crippen LogP contribution in [0.25, 0.3) is 0 Å². The van der Waals surface area contributed by atoms with Crippen LogP contribution in [-0.2, 0) is 0 Å². The first-order valence-electron chi connectivity index (χ1n) is 6.87. The molecular weight excluding hydrogens is 287 g/mol. The highest BCUT2D eigenvalue weighted by atomic mass is 19.1. The summed E-state index contributed by atoms with van der Waals surface area (Å²) < 4.78 is 15.1. The second-order valence-corrected chi connectivity index (χ2v) is 4.23. The summed E-state index contributed by atoms with van der Waals surface area (Å²) in [6.45, 7) is 5.77. The lowest BCUT2D eigenvalue weighted by atomic mass is 10.2. The third-order valence-corrected chi connectivity index (χ3v) is 2.77. The van der Waals surface area contributed by atoms with Crippen LogP contribution >= 0.6 is 0 Å². The van der Waals surface area contributed by atoms with Crippen LogP contribution in [0.1, 0.15) is 29.8 Å². The second-order valence-electron chi connectivity index (χ2n) is 4.23. The Bertz CT molecular complexity index is 660. The van der Waals surface area contributed by atoms with Crippen molar-refractivity contribution < 1.29 is 23.9 Å². The molecule has 118 valence electrons. The van der Waals surface area contributed by atoms with Crippen LogP contribution in [0.15, 0.2) is 36.7 Å². The molecule has 1 aromatic carbocycles. The maximum absolute atomic E-state index is 13.8. The van der Waals surface area contributed by atoms with E-state index < -0.39 is 11.8 Å². The predicted octanol–water partition coefficient (Wildman–Crippen LogP) is 2.95. The van der Waals surface area contributed by atoms with Gasteiger partial charge in [0, 0.05) is 10.8 Å². The maximum atomic E-state index is 13.8. The van der Waals surface area contributed by atoms with Gasteiger partial charge in [0.1, 0.15) is 18.6 Å². The van der Waals surface area contributed by atoms with Crippen LogP contribution in [0.4, 0.5) is 15.8 Å². The molecule has 0 aliphatic carbocycles. The third-order valence-electron chi connectivity index (χ3n) is 2.77. The van der Waals surface area contributed by atoms with Crippen molar-refractivity contribution in [2.75, 3.05) is 12.4 Å². The minimum Gasteiger partial charge on any atom is -0.478 e. The highest BCUT2D eigenvalue weighted by Gasteiger charge is 2.17. The molecule has 22 heavy (non-hydrogen) atoms. The lowest BCUT2D eigenvalue weighted by Gasteiger charge is -2.09. The minimum absolute atomic E-state index is 0.0262. The summed E-state index contributed by atoms with van der Waals surface area (Å²) in [4.78, 5) is 16.1. The molecular formula is C16H20FN2O3+. The smallest absolute Gasteiger partial charge is 0.338 e. The Kier molecular flexibility index (Phi) is 6.31. The first-order valence-corrected chi connectivity index (χ1v) is 6.87. The number of nitrogens with zero attached hydrogens (tertiary/aromatic N) is 1. The highest BCUT2D eigenvalue weighted by molar-refractivity contribution is 5.94. The number of aromatic nitrogens is 1. The summed E-state index contributed by atoms with van der Waals surface area (Å²) in [5.74, 6) is -1.56. The number of anilines is 2. The van der Waals surface area contributed by atoms with Crippen molar-refractivity contribution >= 4 is 17.3 Å². The molecule has 0 bridgehead atoms. The minimum atomic E-state index is -1.11. The quantitative estimate of drug-likeness (QED) is 0.853. The average Bonchev–Trinajstić information content (AvgIpc) is 2.51. The molecule has 0 aliphatic heterocycles. The molecule has 0 amide bonds. The number of benzene rings is 1. The van der Waals surface area contributed by atoms with Crippen LogP contribution in [0.2, 0.25) is 0 Å². The van der Waals surface area contributed by atoms with Gasteiger partial charge in [0.15, 0.2) is 0 Å². The molecule has 2 rings (SSSR count). The monoisotopic (exact) mass is 307 g/mol. The third kappa shape index (κ3) is 4.18. The Hall–Kier alpha value is -2.63. The second kappa shape index (κ2) is 7.97. The number of carboxylic acid groups (broad SMARTS) is 1. The van der Waals surface area contributed by atoms with Crippen molar-refractivity contribution in [2.45, 2.75) is 20.8 Å². The number of nitrogens with one attached hydrogen (secondary N) is 1. The van der Waals surface area contributed by atoms with Gasteiger partial charge in [-0.25, -0.2) is 9.18 Å². The van der Waals surface area contributed by atoms with Crippen LogP contribution in [-0.4, -0.2) is 18.2 Å². The summed E-state index contributed by atoms with van der Waals surface area (Å²) in [6.07, 6.45) is 2.89. The number of hydrogen-bond acceptors (Lipinski definition) is 3. The van der Waals surface area contributed by atoms with E-state index in [0.717, 1.165) is 5.56 Å². The number of aromatic carboxylic acids is 1. The standard InChI is InChI=1S/C14H13FN2O3.C2H6/c1-9-3-4-12(11(15)7-9)16-13-8-17(20-2)6-5-10(13)14(18)19;1-2/h3-8,16H,1-2H3;1-2H3/p+1. The molecule has 1 aromatic heterocycles. The Morgan fingerprint density at radius 1 is 1.27 bits per heavy atom. The van der Waals surface area contributed by atoms with Gasteiger partial charge in [0.05, 0.1) is 11.3 Å². The van der Waals surface area contributed by atoms with E-state index in [0.29, 0.717) is 0 Å². The van der Waals surface area contributed by atoms with Gasteiger partial charge in [-0.1, -0.05) is 19.9 Å². The largest absolute Gasteiger partial charge is 0.478 e. The highest BCUT2D eigenvalue weighted by Crippen LogP contribution is 2.22. The van der Waals surface area contributed by atoms with Gasteiger partial charge in [-0.2, -0.15) is 0 Å². The number of hydrogen-bond donors (Lipinski definition) is 2. The van der Waals surface area contributed by atoms with Crippen molar-refractivity contribution in [3.63, 3.8) is 0 Å². The fourth-order valence-corrected chi connectivity index (χ4v) is 1.74. The summed E-state index contributed by atoms with van der Waals surface area (Å²) in [5.41, 5.74) is 1.25. The van der Waals surface area contributed by atoms with E-state index in [4.69, 9.17) is 9.94 Å². The Balaban J connectivity index is 0.00000116. The molecule has 0 radical (unpaired) electrons. The molecule has 0 spiro atoms. The summed E-state index contributed by atoms with van der Waals surface area (Å²) >= 11 is 0. The molecule has 2 N–H and O–H groups in total. The summed E-state index contributed by atoms with van der Waals surface area (Å²) in [7, 11) is 1.44. The molecule has 0 saturated heterocycles. The van der Waals surface area contributed by atoms with E-state index in [-0.39, 0.29) is 16.9 Å². The van der Waals surface area contributed by atoms with Gasteiger partial charge in [0.25, 0.3) is 0 Å². The van der Waals surface area contributed by atoms with E-state index in [2.05, 4.69) is 5.32 Å². The molecule has 5 nitrogen and oxygen atoms in total. The molecule has 0 atom stereocenters. The zero-order valence-corrected chi connectivity index (χ0v) is 13.1. The summed E-state index contributed by atoms with van der Waals surface area (Å²) in [6, 6.07) is 6.04. The number of halogens is 1. The molecule has 6 heteroatoms. The van der Waals surface area contributed by atoms with Crippen LogP contribution in [0.5, 0.6) is 0 Å². The predicted molar refractivity (Wildman–Crippen MR) is 81.9 cm³/mol. The van der Waals surface area contributed by atoms with Crippen molar-refractivity contribution in [2.24, 2.45) is 0 Å². The first kappa shape index (κ1) is 17.4. The van der Waals surface area contributed by atoms with E-state index in [1.165, 1.54) is 36.4 Å². The van der Waals surface area contributed by atoms with E-state index in [1.807, 2.05) is 13.8 Å². The van der Waals surface area contributed by atoms with E-state index in [1.54, 1.807) is 19.1 Å². The first-order chi connectivity index (χ1) is 10.5. The number of carbonyl (C=O) groups is 1. The van der Waals surface area contributed by atoms with Crippen LogP contribution in [0.3, 0.4) is 0 Å². The fourth-order valence-electron chi connectivity index (χ4n) is 1.74. The number of aryl methyl sites for hydroxylation is 1. The van der Waals surface area contributed by atoms with E-state index >= 15 is 0 Å². The lowest BCUT2D eigenvalue weighted by molar-refractivity contribution is -0.885. The van der Waals surface area contributed by atoms with Gasteiger partial charge < -0.3 is 10.4 Å². The van der Waals surface area contributed by atoms with Gasteiger partial charge >= 0.3 is 5.97 Å². The Morgan fingerprint density at radius 2 is 1.95 bits per heavy atom. The van der Waals surface area contributed by atoms with Gasteiger partial charge in [-0.15, -0.1) is 0 Å². The SMILES string of the molecule is CC.CO[n+]1ccc(C(=O)O)c(Nc2ccc(C)cc2F)c1. The topological polar surface area (TPSA) is 62.4 Å². The molecule has 1 heterocycles. The fraction of sp³-hybridized carbons (Fsp3) is 0.250. The van der Waals surface area contributed by atoms with Gasteiger partial charge in [-0.05, 0) is 24.6 Å². The van der Waals surface area contributed by atoms with Crippen LogP contribution < -0.4 is 14.9 Å². The molecule has 0 unspecified atom stereocenters. The zero-order chi connectivity index (χ0) is 16.7. The van der Waals surface area contributed by atoms with E-state index in [9.17, 15) is 9.18 Å². The number of carboxylic acids is 1. The lowest BCUT2D eigenvalue weighted by Crippen LogP contribution is -2.40. The molecule has 2 aromatic rings. The Labute approximate surface area is 128 Å². The molecule has 0 saturated carbocycles. The average molecular weight is 307 g/mol. The summed E-state index contributed by atoms with van der Waals surface area (Å²) in [5, 5.41) is 11.9. The normalized spacial score (nSPS) is 9.50. The Morgan fingerprint density at radius 3 is 2.50 bits per heavy atom. The van der Waals surface area contributed by atoms with Gasteiger partial charge in [0.2, 0.25) is 12.4 Å².